The molecule has 1 saturated heterocycles. The average Bonchev–Trinajstić information content (AvgIpc) is 3.15. The van der Waals surface area contributed by atoms with Crippen molar-refractivity contribution >= 4 is 17.4 Å². The van der Waals surface area contributed by atoms with Crippen molar-refractivity contribution in [1.29, 1.82) is 0 Å². The summed E-state index contributed by atoms with van der Waals surface area (Å²) in [6.07, 6.45) is 5.21. The van der Waals surface area contributed by atoms with Crippen LogP contribution in [0.25, 0.3) is 5.76 Å². The molecule has 0 aromatic heterocycles. The summed E-state index contributed by atoms with van der Waals surface area (Å²) in [4.78, 5) is 30.4. The number of likely N-dealkylation sites (tertiary alicyclic amines) is 1. The predicted molar refractivity (Wildman–Crippen MR) is 144 cm³/mol. The van der Waals surface area contributed by atoms with Gasteiger partial charge < -0.3 is 19.6 Å². The second-order valence-electron chi connectivity index (χ2n) is 9.40. The minimum absolute atomic E-state index is 0.0228. The molecule has 0 aliphatic carbocycles. The number of nitrogens with zero attached hydrogens (tertiary/aromatic N) is 2. The molecular weight excluding hydrogens is 471 g/mol. The fourth-order valence-corrected chi connectivity index (χ4v) is 4.70. The summed E-state index contributed by atoms with van der Waals surface area (Å²) in [7, 11) is 0. The van der Waals surface area contributed by atoms with Gasteiger partial charge in [0.2, 0.25) is 0 Å². The maximum atomic E-state index is 13.5. The monoisotopic (exact) mass is 510 g/mol. The molecule has 7 heteroatoms. The first-order valence-corrected chi connectivity index (χ1v) is 13.4. The van der Waals surface area contributed by atoms with Gasteiger partial charge in [-0.15, -0.1) is 0 Å². The minimum atomic E-state index is -0.736. The van der Waals surface area contributed by atoms with Gasteiger partial charge in [-0.25, -0.2) is 4.39 Å². The van der Waals surface area contributed by atoms with Crippen LogP contribution in [0.1, 0.15) is 70.0 Å². The SMILES string of the molecule is CCCCN(CCCC)CCCN1C(=O)C(=O)C(=C(O)c2ccc(F)cc2)[C@@H]1c1ccc(OCC)cc1. The number of halogens is 1. The molecule has 3 rings (SSSR count). The van der Waals surface area contributed by atoms with E-state index in [1.807, 2.05) is 19.1 Å². The highest BCUT2D eigenvalue weighted by molar-refractivity contribution is 6.46. The molecule has 2 aromatic rings. The van der Waals surface area contributed by atoms with E-state index in [-0.39, 0.29) is 11.3 Å². The molecule has 0 bridgehead atoms. The first-order chi connectivity index (χ1) is 17.9. The summed E-state index contributed by atoms with van der Waals surface area (Å²) in [5, 5.41) is 11.1. The highest BCUT2D eigenvalue weighted by atomic mass is 19.1. The lowest BCUT2D eigenvalue weighted by molar-refractivity contribution is -0.140. The van der Waals surface area contributed by atoms with Gasteiger partial charge in [0, 0.05) is 12.1 Å². The number of ketones is 1. The zero-order valence-corrected chi connectivity index (χ0v) is 22.2. The average molecular weight is 511 g/mol. The largest absolute Gasteiger partial charge is 0.507 e. The van der Waals surface area contributed by atoms with E-state index in [0.29, 0.717) is 36.4 Å². The van der Waals surface area contributed by atoms with Crippen LogP contribution in [0.4, 0.5) is 4.39 Å². The number of unbranched alkanes of at least 4 members (excludes halogenated alkanes) is 2. The van der Waals surface area contributed by atoms with Crippen LogP contribution in [-0.4, -0.2) is 59.4 Å². The van der Waals surface area contributed by atoms with Crippen molar-refractivity contribution in [1.82, 2.24) is 9.80 Å². The van der Waals surface area contributed by atoms with Gasteiger partial charge in [0.15, 0.2) is 0 Å². The standard InChI is InChI=1S/C30H39FN2O4/c1-4-7-18-32(19-8-5-2)20-9-21-33-27(22-12-16-25(17-13-22)37-6-3)26(29(35)30(33)36)28(34)23-10-14-24(31)15-11-23/h10-17,27,34H,4-9,18-21H2,1-3H3/t27-/m0/s1. The summed E-state index contributed by atoms with van der Waals surface area (Å²) in [5.41, 5.74) is 1.02. The summed E-state index contributed by atoms with van der Waals surface area (Å²) >= 11 is 0. The van der Waals surface area contributed by atoms with Crippen LogP contribution in [0.15, 0.2) is 54.1 Å². The number of carbonyl (C=O) groups excluding carboxylic acids is 2. The number of aliphatic hydroxyl groups is 1. The second kappa shape index (κ2) is 13.9. The summed E-state index contributed by atoms with van der Waals surface area (Å²) in [6.45, 7) is 10.0. The molecule has 37 heavy (non-hydrogen) atoms. The van der Waals surface area contributed by atoms with E-state index in [2.05, 4.69) is 18.7 Å². The van der Waals surface area contributed by atoms with Gasteiger partial charge in [-0.1, -0.05) is 38.8 Å². The fraction of sp³-hybridized carbons (Fsp3) is 0.467. The summed E-state index contributed by atoms with van der Waals surface area (Å²) < 4.78 is 19.0. The lowest BCUT2D eigenvalue weighted by Gasteiger charge is -2.27. The first-order valence-electron chi connectivity index (χ1n) is 13.4. The van der Waals surface area contributed by atoms with E-state index in [4.69, 9.17) is 4.74 Å². The number of carbonyl (C=O) groups is 2. The summed E-state index contributed by atoms with van der Waals surface area (Å²) in [6, 6.07) is 11.8. The molecule has 6 nitrogen and oxygen atoms in total. The molecule has 1 heterocycles. The number of benzene rings is 2. The van der Waals surface area contributed by atoms with Crippen molar-refractivity contribution in [3.8, 4) is 5.75 Å². The van der Waals surface area contributed by atoms with Crippen molar-refractivity contribution < 1.29 is 23.8 Å². The van der Waals surface area contributed by atoms with Crippen molar-refractivity contribution in [2.75, 3.05) is 32.8 Å². The Morgan fingerprint density at radius 1 is 0.919 bits per heavy atom. The lowest BCUT2D eigenvalue weighted by Crippen LogP contribution is -2.34. The molecule has 0 unspecified atom stereocenters. The molecule has 2 aromatic carbocycles. The van der Waals surface area contributed by atoms with Crippen molar-refractivity contribution in [2.45, 2.75) is 58.9 Å². The molecule has 1 aliphatic heterocycles. The number of hydrogen-bond acceptors (Lipinski definition) is 5. The van der Waals surface area contributed by atoms with E-state index < -0.39 is 23.5 Å². The van der Waals surface area contributed by atoms with E-state index >= 15 is 0 Å². The normalized spacial score (nSPS) is 17.1. The number of hydrogen-bond donors (Lipinski definition) is 1. The Balaban J connectivity index is 1.92. The molecule has 1 amide bonds. The van der Waals surface area contributed by atoms with Gasteiger partial charge in [-0.2, -0.15) is 0 Å². The molecule has 0 radical (unpaired) electrons. The van der Waals surface area contributed by atoms with Gasteiger partial charge in [0.1, 0.15) is 17.3 Å². The second-order valence-corrected chi connectivity index (χ2v) is 9.40. The fourth-order valence-electron chi connectivity index (χ4n) is 4.70. The number of rotatable bonds is 14. The quantitative estimate of drug-likeness (QED) is 0.194. The zero-order valence-electron chi connectivity index (χ0n) is 22.2. The highest BCUT2D eigenvalue weighted by Crippen LogP contribution is 2.40. The smallest absolute Gasteiger partial charge is 0.295 e. The van der Waals surface area contributed by atoms with Crippen LogP contribution >= 0.6 is 0 Å². The number of Topliss-reactive ketones (excluding diaryl/α,β-unsaturated/α-hetero) is 1. The topological polar surface area (TPSA) is 70.1 Å². The van der Waals surface area contributed by atoms with E-state index in [0.717, 1.165) is 45.3 Å². The van der Waals surface area contributed by atoms with E-state index in [1.54, 1.807) is 17.0 Å². The molecule has 1 aliphatic rings. The van der Waals surface area contributed by atoms with E-state index in [9.17, 15) is 19.1 Å². The zero-order chi connectivity index (χ0) is 26.8. The Morgan fingerprint density at radius 3 is 2.08 bits per heavy atom. The van der Waals surface area contributed by atoms with Crippen molar-refractivity contribution in [3.05, 3.63) is 71.0 Å². The van der Waals surface area contributed by atoms with Crippen LogP contribution in [0.5, 0.6) is 5.75 Å². The minimum Gasteiger partial charge on any atom is -0.507 e. The molecule has 1 atom stereocenters. The Kier molecular flexibility index (Phi) is 10.7. The lowest BCUT2D eigenvalue weighted by atomic mass is 9.95. The molecule has 1 N–H and O–H groups in total. The third kappa shape index (κ3) is 7.19. The Hall–Kier alpha value is -3.19. The highest BCUT2D eigenvalue weighted by Gasteiger charge is 2.45. The van der Waals surface area contributed by atoms with Crippen LogP contribution in [0, 0.1) is 5.82 Å². The van der Waals surface area contributed by atoms with Crippen LogP contribution < -0.4 is 4.74 Å². The third-order valence-corrected chi connectivity index (χ3v) is 6.69. The van der Waals surface area contributed by atoms with Crippen LogP contribution in [0.2, 0.25) is 0 Å². The molecule has 0 saturated carbocycles. The Bertz CT molecular complexity index is 1060. The third-order valence-electron chi connectivity index (χ3n) is 6.69. The van der Waals surface area contributed by atoms with Crippen LogP contribution in [-0.2, 0) is 9.59 Å². The van der Waals surface area contributed by atoms with Crippen LogP contribution in [0.3, 0.4) is 0 Å². The maximum Gasteiger partial charge on any atom is 0.295 e. The van der Waals surface area contributed by atoms with Gasteiger partial charge >= 0.3 is 0 Å². The number of amides is 1. The van der Waals surface area contributed by atoms with E-state index in [1.165, 1.54) is 24.3 Å². The Labute approximate surface area is 219 Å². The van der Waals surface area contributed by atoms with Gasteiger partial charge in [0.25, 0.3) is 11.7 Å². The number of aliphatic hydroxyl groups excluding tert-OH is 1. The first kappa shape index (κ1) is 28.4. The number of ether oxygens (including phenoxy) is 1. The summed E-state index contributed by atoms with van der Waals surface area (Å²) in [5.74, 6) is -1.42. The van der Waals surface area contributed by atoms with Gasteiger partial charge in [-0.3, -0.25) is 9.59 Å². The Morgan fingerprint density at radius 2 is 1.51 bits per heavy atom. The maximum absolute atomic E-state index is 13.5. The predicted octanol–water partition coefficient (Wildman–Crippen LogP) is 5.94. The molecule has 200 valence electrons. The molecule has 0 spiro atoms. The van der Waals surface area contributed by atoms with Crippen molar-refractivity contribution in [2.24, 2.45) is 0 Å². The van der Waals surface area contributed by atoms with Gasteiger partial charge in [0.05, 0.1) is 18.2 Å². The van der Waals surface area contributed by atoms with Gasteiger partial charge in [-0.05, 0) is 87.8 Å². The van der Waals surface area contributed by atoms with Crippen molar-refractivity contribution in [3.63, 3.8) is 0 Å². The molecular formula is C30H39FN2O4. The molecule has 1 fully saturated rings.